The molecule has 1 aromatic carbocycles. The van der Waals surface area contributed by atoms with Gasteiger partial charge in [-0.25, -0.2) is 12.8 Å². The number of nitrogens with zero attached hydrogens (tertiary/aromatic N) is 1. The highest BCUT2D eigenvalue weighted by Crippen LogP contribution is 2.30. The number of benzene rings is 1. The molecule has 2 rings (SSSR count). The summed E-state index contributed by atoms with van der Waals surface area (Å²) in [4.78, 5) is -0.212. The van der Waals surface area contributed by atoms with Crippen molar-refractivity contribution in [1.29, 1.82) is 0 Å². The molecule has 0 atom stereocenters. The number of halogens is 2. The number of hydrogen-bond donors (Lipinski definition) is 0. The van der Waals surface area contributed by atoms with E-state index in [1.54, 1.807) is 6.07 Å². The topological polar surface area (TPSA) is 37.4 Å². The number of rotatable bonds is 6. The summed E-state index contributed by atoms with van der Waals surface area (Å²) in [5.41, 5.74) is 0. The molecule has 0 unspecified atom stereocenters. The molecule has 19 heavy (non-hydrogen) atoms. The van der Waals surface area contributed by atoms with Gasteiger partial charge in [-0.1, -0.05) is 34.5 Å². The van der Waals surface area contributed by atoms with Gasteiger partial charge < -0.3 is 0 Å². The molecule has 3 nitrogen and oxygen atoms in total. The van der Waals surface area contributed by atoms with Crippen LogP contribution in [0.4, 0.5) is 4.39 Å². The van der Waals surface area contributed by atoms with E-state index in [4.69, 9.17) is 0 Å². The lowest BCUT2D eigenvalue weighted by Gasteiger charge is -2.36. The molecular weight excluding hydrogens is 333 g/mol. The molecule has 1 aliphatic rings. The van der Waals surface area contributed by atoms with Gasteiger partial charge >= 0.3 is 0 Å². The van der Waals surface area contributed by atoms with Crippen molar-refractivity contribution in [3.8, 4) is 0 Å². The van der Waals surface area contributed by atoms with Crippen molar-refractivity contribution in [3.05, 3.63) is 30.1 Å². The quantitative estimate of drug-likeness (QED) is 0.739. The summed E-state index contributed by atoms with van der Waals surface area (Å²) in [5.74, 6) is -0.675. The molecule has 0 bridgehead atoms. The van der Waals surface area contributed by atoms with Crippen LogP contribution in [0.5, 0.6) is 0 Å². The first kappa shape index (κ1) is 14.9. The molecule has 1 aromatic rings. The molecule has 0 amide bonds. The van der Waals surface area contributed by atoms with Crippen molar-refractivity contribution >= 4 is 26.0 Å². The molecule has 0 spiro atoms. The second-order valence-corrected chi connectivity index (χ2v) is 7.33. The van der Waals surface area contributed by atoms with Crippen LogP contribution < -0.4 is 0 Å². The Morgan fingerprint density at radius 1 is 1.32 bits per heavy atom. The number of alkyl halides is 1. The van der Waals surface area contributed by atoms with Crippen LogP contribution in [0.2, 0.25) is 0 Å². The summed E-state index contributed by atoms with van der Waals surface area (Å²) in [5, 5.41) is 0.739. The van der Waals surface area contributed by atoms with Crippen LogP contribution in [-0.2, 0) is 10.0 Å². The van der Waals surface area contributed by atoms with Gasteiger partial charge in [0.25, 0.3) is 0 Å². The van der Waals surface area contributed by atoms with Crippen LogP contribution in [0.25, 0.3) is 0 Å². The van der Waals surface area contributed by atoms with Gasteiger partial charge in [-0.3, -0.25) is 0 Å². The minimum Gasteiger partial charge on any atom is -0.207 e. The van der Waals surface area contributed by atoms with E-state index >= 15 is 0 Å². The molecule has 0 saturated heterocycles. The van der Waals surface area contributed by atoms with Crippen molar-refractivity contribution in [2.45, 2.75) is 36.6 Å². The summed E-state index contributed by atoms with van der Waals surface area (Å²) < 4.78 is 40.3. The van der Waals surface area contributed by atoms with Crippen LogP contribution >= 0.6 is 15.9 Å². The highest BCUT2D eigenvalue weighted by Gasteiger charge is 2.35. The lowest BCUT2D eigenvalue weighted by atomic mass is 9.93. The van der Waals surface area contributed by atoms with E-state index < -0.39 is 15.8 Å². The van der Waals surface area contributed by atoms with Crippen LogP contribution in [0, 0.1) is 5.82 Å². The fourth-order valence-electron chi connectivity index (χ4n) is 2.17. The van der Waals surface area contributed by atoms with Crippen molar-refractivity contribution < 1.29 is 12.8 Å². The van der Waals surface area contributed by atoms with Gasteiger partial charge in [0, 0.05) is 17.9 Å². The Hall–Kier alpha value is -0.460. The normalized spacial score (nSPS) is 16.6. The first-order chi connectivity index (χ1) is 9.07. The molecule has 1 saturated carbocycles. The summed E-state index contributed by atoms with van der Waals surface area (Å²) >= 11 is 3.31. The predicted octanol–water partition coefficient (Wildman–Crippen LogP) is 3.15. The van der Waals surface area contributed by atoms with Gasteiger partial charge in [0.15, 0.2) is 0 Å². The summed E-state index contributed by atoms with van der Waals surface area (Å²) in [6, 6.07) is 5.62. The van der Waals surface area contributed by atoms with Crippen molar-refractivity contribution in [2.75, 3.05) is 11.9 Å². The van der Waals surface area contributed by atoms with E-state index in [2.05, 4.69) is 15.9 Å². The predicted molar refractivity (Wildman–Crippen MR) is 76.3 cm³/mol. The second kappa shape index (κ2) is 6.33. The van der Waals surface area contributed by atoms with Gasteiger partial charge in [-0.05, 0) is 31.4 Å². The maximum atomic E-state index is 13.7. The third kappa shape index (κ3) is 3.17. The third-order valence-electron chi connectivity index (χ3n) is 3.42. The third-order valence-corrected chi connectivity index (χ3v) is 5.96. The van der Waals surface area contributed by atoms with Crippen molar-refractivity contribution in [2.24, 2.45) is 0 Å². The molecule has 6 heteroatoms. The summed E-state index contributed by atoms with van der Waals surface area (Å²) in [7, 11) is -3.73. The Morgan fingerprint density at radius 2 is 2.00 bits per heavy atom. The van der Waals surface area contributed by atoms with Gasteiger partial charge in [-0.2, -0.15) is 4.31 Å². The zero-order valence-corrected chi connectivity index (χ0v) is 13.0. The molecule has 1 fully saturated rings. The highest BCUT2D eigenvalue weighted by atomic mass is 79.9. The summed E-state index contributed by atoms with van der Waals surface area (Å²) in [6.07, 6.45) is 3.51. The Bertz CT molecular complexity index is 531. The molecule has 0 radical (unpaired) electrons. The molecule has 1 aliphatic carbocycles. The summed E-state index contributed by atoms with van der Waals surface area (Å²) in [6.45, 7) is 0.437. The minimum atomic E-state index is -3.73. The van der Waals surface area contributed by atoms with Crippen LogP contribution in [0.15, 0.2) is 29.2 Å². The smallest absolute Gasteiger partial charge is 0.207 e. The SMILES string of the molecule is O=S(=O)(c1ccccc1F)N(CCCBr)C1CCC1. The monoisotopic (exact) mass is 349 g/mol. The molecule has 0 aliphatic heterocycles. The lowest BCUT2D eigenvalue weighted by molar-refractivity contribution is 0.219. The molecule has 0 aromatic heterocycles. The average molecular weight is 350 g/mol. The van der Waals surface area contributed by atoms with Gasteiger partial charge in [-0.15, -0.1) is 0 Å². The van der Waals surface area contributed by atoms with Gasteiger partial charge in [0.05, 0.1) is 0 Å². The zero-order chi connectivity index (χ0) is 13.9. The highest BCUT2D eigenvalue weighted by molar-refractivity contribution is 9.09. The molecule has 106 valence electrons. The Morgan fingerprint density at radius 3 is 2.53 bits per heavy atom. The largest absolute Gasteiger partial charge is 0.246 e. The van der Waals surface area contributed by atoms with Crippen molar-refractivity contribution in [3.63, 3.8) is 0 Å². The maximum absolute atomic E-state index is 13.7. The lowest BCUT2D eigenvalue weighted by Crippen LogP contribution is -2.44. The molecule has 0 heterocycles. The van der Waals surface area contributed by atoms with E-state index in [1.165, 1.54) is 22.5 Å². The Labute approximate surface area is 122 Å². The first-order valence-corrected chi connectivity index (χ1v) is 8.96. The molecule has 0 N–H and O–H groups in total. The van der Waals surface area contributed by atoms with Crippen LogP contribution in [0.1, 0.15) is 25.7 Å². The van der Waals surface area contributed by atoms with E-state index in [-0.39, 0.29) is 10.9 Å². The maximum Gasteiger partial charge on any atom is 0.246 e. The van der Waals surface area contributed by atoms with E-state index in [0.29, 0.717) is 6.54 Å². The average Bonchev–Trinajstić information content (AvgIpc) is 2.32. The number of hydrogen-bond acceptors (Lipinski definition) is 2. The molecular formula is C13H17BrFNO2S. The van der Waals surface area contributed by atoms with Crippen molar-refractivity contribution in [1.82, 2.24) is 4.31 Å². The van der Waals surface area contributed by atoms with Crippen LogP contribution in [-0.4, -0.2) is 30.6 Å². The Kier molecular flexibility index (Phi) is 4.97. The van der Waals surface area contributed by atoms with E-state index in [0.717, 1.165) is 31.0 Å². The minimum absolute atomic E-state index is 0.0312. The zero-order valence-electron chi connectivity index (χ0n) is 10.6. The van der Waals surface area contributed by atoms with Gasteiger partial charge in [0.2, 0.25) is 10.0 Å². The fraction of sp³-hybridized carbons (Fsp3) is 0.538. The first-order valence-electron chi connectivity index (χ1n) is 6.39. The van der Waals surface area contributed by atoms with E-state index in [1.807, 2.05) is 0 Å². The Balaban J connectivity index is 2.31. The standard InChI is InChI=1S/C13H17BrFNO2S/c14-9-4-10-16(11-5-3-6-11)19(17,18)13-8-2-1-7-12(13)15/h1-2,7-8,11H,3-6,9-10H2. The number of sulfonamides is 1. The van der Waals surface area contributed by atoms with E-state index in [9.17, 15) is 12.8 Å². The van der Waals surface area contributed by atoms with Crippen LogP contribution in [0.3, 0.4) is 0 Å². The fourth-order valence-corrected chi connectivity index (χ4v) is 4.21. The van der Waals surface area contributed by atoms with Gasteiger partial charge in [0.1, 0.15) is 10.7 Å². The second-order valence-electron chi connectivity index (χ2n) is 4.67.